The van der Waals surface area contributed by atoms with Crippen LogP contribution in [0.15, 0.2) is 40.5 Å². The van der Waals surface area contributed by atoms with Gasteiger partial charge in [0.1, 0.15) is 11.6 Å². The molecule has 1 heterocycles. The molecule has 0 spiro atoms. The van der Waals surface area contributed by atoms with Crippen molar-refractivity contribution in [1.82, 2.24) is 0 Å². The average molecular weight is 346 g/mol. The number of carboxylic acids is 1. The van der Waals surface area contributed by atoms with Crippen molar-refractivity contribution < 1.29 is 29.2 Å². The Labute approximate surface area is 141 Å². The Morgan fingerprint density at radius 1 is 1.40 bits per heavy atom. The molecule has 2 unspecified atom stereocenters. The standard InChI is InChI=1S/C16H14N2O7/c1-8-12(15(20)21)13(9-4-3-5-10(6-9)18(23)24)14(16(22)25-2)11(7-19)17-8/h3-7,12-13H,1-2H3,(H,20,21). The Kier molecular flexibility index (Phi) is 5.06. The fourth-order valence-electron chi connectivity index (χ4n) is 2.83. The van der Waals surface area contributed by atoms with Gasteiger partial charge in [0, 0.05) is 23.8 Å². The molecular formula is C16H14N2O7. The van der Waals surface area contributed by atoms with Crippen molar-refractivity contribution in [2.75, 3.05) is 7.11 Å². The number of nitrogens with zero attached hydrogens (tertiary/aromatic N) is 2. The molecule has 0 aromatic heterocycles. The van der Waals surface area contributed by atoms with E-state index < -0.39 is 28.7 Å². The SMILES string of the molecule is COC(=O)C1=C(C=O)N=C(C)C(C(=O)O)C1c1cccc([N+](=O)[O-])c1. The van der Waals surface area contributed by atoms with Crippen molar-refractivity contribution >= 4 is 29.6 Å². The average Bonchev–Trinajstić information content (AvgIpc) is 2.59. The second kappa shape index (κ2) is 7.04. The summed E-state index contributed by atoms with van der Waals surface area (Å²) < 4.78 is 4.66. The molecule has 0 saturated heterocycles. The topological polar surface area (TPSA) is 136 Å². The van der Waals surface area contributed by atoms with Crippen molar-refractivity contribution in [2.45, 2.75) is 12.8 Å². The number of aliphatic carboxylic acids is 1. The monoisotopic (exact) mass is 346 g/mol. The minimum absolute atomic E-state index is 0.110. The number of nitro groups is 1. The number of methoxy groups -OCH3 is 1. The number of aldehydes is 1. The summed E-state index contributed by atoms with van der Waals surface area (Å²) in [4.78, 5) is 49.5. The summed E-state index contributed by atoms with van der Waals surface area (Å²) in [5.41, 5.74) is -0.442. The van der Waals surface area contributed by atoms with E-state index in [4.69, 9.17) is 0 Å². The van der Waals surface area contributed by atoms with Crippen molar-refractivity contribution in [3.63, 3.8) is 0 Å². The molecule has 0 radical (unpaired) electrons. The van der Waals surface area contributed by atoms with Gasteiger partial charge in [-0.15, -0.1) is 0 Å². The number of rotatable bonds is 5. The van der Waals surface area contributed by atoms with Gasteiger partial charge in [0.05, 0.1) is 17.6 Å². The van der Waals surface area contributed by atoms with Crippen molar-refractivity contribution in [3.8, 4) is 0 Å². The predicted octanol–water partition coefficient (Wildman–Crippen LogP) is 1.48. The number of ether oxygens (including phenoxy) is 1. The maximum absolute atomic E-state index is 12.2. The lowest BCUT2D eigenvalue weighted by atomic mass is 9.75. The van der Waals surface area contributed by atoms with Crippen LogP contribution in [0.1, 0.15) is 18.4 Å². The molecule has 0 fully saturated rings. The third-order valence-corrected chi connectivity index (χ3v) is 3.89. The second-order valence-electron chi connectivity index (χ2n) is 5.31. The highest BCUT2D eigenvalue weighted by Crippen LogP contribution is 2.40. The molecular weight excluding hydrogens is 332 g/mol. The lowest BCUT2D eigenvalue weighted by molar-refractivity contribution is -0.384. The molecule has 1 aliphatic rings. The van der Waals surface area contributed by atoms with Gasteiger partial charge in [0.2, 0.25) is 0 Å². The Morgan fingerprint density at radius 3 is 2.60 bits per heavy atom. The maximum atomic E-state index is 12.2. The first-order chi connectivity index (χ1) is 11.8. The highest BCUT2D eigenvalue weighted by molar-refractivity contribution is 6.09. The van der Waals surface area contributed by atoms with E-state index >= 15 is 0 Å². The van der Waals surface area contributed by atoms with Crippen molar-refractivity contribution in [2.24, 2.45) is 10.9 Å². The summed E-state index contributed by atoms with van der Waals surface area (Å²) in [6, 6.07) is 5.25. The number of hydrogen-bond donors (Lipinski definition) is 1. The molecule has 0 amide bonds. The zero-order valence-corrected chi connectivity index (χ0v) is 13.3. The number of benzene rings is 1. The van der Waals surface area contributed by atoms with E-state index in [1.807, 2.05) is 0 Å². The van der Waals surface area contributed by atoms with Gasteiger partial charge in [-0.25, -0.2) is 4.79 Å². The largest absolute Gasteiger partial charge is 0.481 e. The first-order valence-electron chi connectivity index (χ1n) is 7.11. The number of aliphatic imine (C=N–C) groups is 1. The lowest BCUT2D eigenvalue weighted by Gasteiger charge is -2.29. The van der Waals surface area contributed by atoms with Crippen LogP contribution in [0.5, 0.6) is 0 Å². The number of allylic oxidation sites excluding steroid dienone is 1. The van der Waals surface area contributed by atoms with Gasteiger partial charge in [-0.1, -0.05) is 12.1 Å². The number of hydrogen-bond acceptors (Lipinski definition) is 7. The van der Waals surface area contributed by atoms with E-state index in [2.05, 4.69) is 9.73 Å². The van der Waals surface area contributed by atoms with E-state index in [1.54, 1.807) is 0 Å². The van der Waals surface area contributed by atoms with E-state index in [0.29, 0.717) is 6.29 Å². The summed E-state index contributed by atoms with van der Waals surface area (Å²) in [5.74, 6) is -4.59. The van der Waals surface area contributed by atoms with Crippen LogP contribution in [0.4, 0.5) is 5.69 Å². The Hall–Kier alpha value is -3.36. The molecule has 1 aromatic rings. The molecule has 1 aliphatic heterocycles. The lowest BCUT2D eigenvalue weighted by Crippen LogP contribution is -2.35. The molecule has 130 valence electrons. The van der Waals surface area contributed by atoms with E-state index in [1.165, 1.54) is 31.2 Å². The molecule has 0 aliphatic carbocycles. The molecule has 9 heteroatoms. The van der Waals surface area contributed by atoms with Crippen LogP contribution in [0.2, 0.25) is 0 Å². The van der Waals surface area contributed by atoms with E-state index in [-0.39, 0.29) is 28.2 Å². The zero-order chi connectivity index (χ0) is 18.7. The molecule has 2 rings (SSSR count). The van der Waals surface area contributed by atoms with Crippen LogP contribution in [-0.2, 0) is 19.1 Å². The number of esters is 1. The Balaban J connectivity index is 2.76. The van der Waals surface area contributed by atoms with Crippen LogP contribution in [0, 0.1) is 16.0 Å². The zero-order valence-electron chi connectivity index (χ0n) is 13.3. The number of nitro benzene ring substituents is 1. The van der Waals surface area contributed by atoms with Crippen molar-refractivity contribution in [3.05, 3.63) is 51.2 Å². The van der Waals surface area contributed by atoms with Crippen LogP contribution in [0.25, 0.3) is 0 Å². The number of carboxylic acid groups (broad SMARTS) is 1. The van der Waals surface area contributed by atoms with Gasteiger partial charge in [-0.3, -0.25) is 24.7 Å². The molecule has 1 aromatic carbocycles. The molecule has 0 bridgehead atoms. The molecule has 2 atom stereocenters. The molecule has 25 heavy (non-hydrogen) atoms. The number of carbonyl (C=O) groups is 3. The minimum atomic E-state index is -1.27. The fourth-order valence-corrected chi connectivity index (χ4v) is 2.83. The summed E-state index contributed by atoms with van der Waals surface area (Å²) >= 11 is 0. The Morgan fingerprint density at radius 2 is 2.08 bits per heavy atom. The maximum Gasteiger partial charge on any atom is 0.336 e. The highest BCUT2D eigenvalue weighted by atomic mass is 16.6. The Bertz CT molecular complexity index is 826. The quantitative estimate of drug-likeness (QED) is 0.369. The third kappa shape index (κ3) is 3.30. The van der Waals surface area contributed by atoms with Gasteiger partial charge in [0.25, 0.3) is 5.69 Å². The summed E-state index contributed by atoms with van der Waals surface area (Å²) in [5, 5.41) is 20.6. The van der Waals surface area contributed by atoms with Gasteiger partial charge < -0.3 is 9.84 Å². The predicted molar refractivity (Wildman–Crippen MR) is 85.2 cm³/mol. The third-order valence-electron chi connectivity index (χ3n) is 3.89. The number of carbonyl (C=O) groups excluding carboxylic acids is 2. The highest BCUT2D eigenvalue weighted by Gasteiger charge is 2.42. The molecule has 0 saturated carbocycles. The number of non-ortho nitro benzene ring substituents is 1. The normalized spacial score (nSPS) is 19.8. The van der Waals surface area contributed by atoms with Crippen LogP contribution in [0.3, 0.4) is 0 Å². The second-order valence-corrected chi connectivity index (χ2v) is 5.31. The summed E-state index contributed by atoms with van der Waals surface area (Å²) in [6.07, 6.45) is 0.332. The van der Waals surface area contributed by atoms with Gasteiger partial charge in [-0.2, -0.15) is 0 Å². The first kappa shape index (κ1) is 18.0. The first-order valence-corrected chi connectivity index (χ1v) is 7.11. The van der Waals surface area contributed by atoms with E-state index in [9.17, 15) is 29.6 Å². The van der Waals surface area contributed by atoms with Gasteiger partial charge >= 0.3 is 11.9 Å². The van der Waals surface area contributed by atoms with E-state index in [0.717, 1.165) is 7.11 Å². The fraction of sp³-hybridized carbons (Fsp3) is 0.250. The van der Waals surface area contributed by atoms with Crippen LogP contribution in [-0.4, -0.2) is 41.1 Å². The van der Waals surface area contributed by atoms with Gasteiger partial charge in [-0.05, 0) is 12.5 Å². The molecule has 1 N–H and O–H groups in total. The van der Waals surface area contributed by atoms with Crippen LogP contribution >= 0.6 is 0 Å². The summed E-state index contributed by atoms with van der Waals surface area (Å²) in [6.45, 7) is 1.42. The van der Waals surface area contributed by atoms with Crippen LogP contribution < -0.4 is 0 Å². The van der Waals surface area contributed by atoms with Crippen molar-refractivity contribution in [1.29, 1.82) is 0 Å². The van der Waals surface area contributed by atoms with Gasteiger partial charge in [0.15, 0.2) is 6.29 Å². The minimum Gasteiger partial charge on any atom is -0.481 e. The summed E-state index contributed by atoms with van der Waals surface area (Å²) in [7, 11) is 1.09. The molecule has 9 nitrogen and oxygen atoms in total. The smallest absolute Gasteiger partial charge is 0.336 e.